The first kappa shape index (κ1) is 23.8. The lowest BCUT2D eigenvalue weighted by Gasteiger charge is -2.17. The lowest BCUT2D eigenvalue weighted by molar-refractivity contribution is -0.117. The summed E-state index contributed by atoms with van der Waals surface area (Å²) in [6.45, 7) is 0. The highest BCUT2D eigenvalue weighted by molar-refractivity contribution is 6.31. The second-order valence-electron chi connectivity index (χ2n) is 9.42. The van der Waals surface area contributed by atoms with Crippen molar-refractivity contribution >= 4 is 23.2 Å². The Bertz CT molecular complexity index is 1420. The monoisotopic (exact) mass is 513 g/mol. The van der Waals surface area contributed by atoms with Gasteiger partial charge in [0, 0.05) is 39.8 Å². The summed E-state index contributed by atoms with van der Waals surface area (Å²) in [5, 5.41) is 13.5. The van der Waals surface area contributed by atoms with Crippen LogP contribution in [-0.2, 0) is 20.5 Å². The van der Waals surface area contributed by atoms with Gasteiger partial charge in [0.2, 0.25) is 5.91 Å². The van der Waals surface area contributed by atoms with Crippen LogP contribution in [0.4, 0.5) is 5.69 Å². The zero-order chi connectivity index (χ0) is 25.4. The van der Waals surface area contributed by atoms with Gasteiger partial charge in [-0.3, -0.25) is 14.8 Å². The van der Waals surface area contributed by atoms with Crippen molar-refractivity contribution in [2.45, 2.75) is 31.2 Å². The van der Waals surface area contributed by atoms with E-state index in [-0.39, 0.29) is 11.8 Å². The quantitative estimate of drug-likeness (QED) is 0.220. The molecule has 0 bridgehead atoms. The summed E-state index contributed by atoms with van der Waals surface area (Å²) in [7, 11) is 0. The third kappa shape index (κ3) is 5.26. The van der Waals surface area contributed by atoms with E-state index in [1.165, 1.54) is 0 Å². The van der Waals surface area contributed by atoms with Crippen molar-refractivity contribution < 1.29 is 19.7 Å². The molecule has 2 fully saturated rings. The molecule has 1 aliphatic carbocycles. The minimum Gasteiger partial charge on any atom is -0.336 e. The van der Waals surface area contributed by atoms with E-state index in [1.54, 1.807) is 36.7 Å². The Labute approximate surface area is 219 Å². The molecule has 4 aromatic rings. The molecule has 186 valence electrons. The second kappa shape index (κ2) is 9.68. The van der Waals surface area contributed by atoms with Crippen LogP contribution in [0.25, 0.3) is 22.4 Å². The normalized spacial score (nSPS) is 16.7. The number of hydrogen-bond donors (Lipinski definition) is 2. The first-order valence-corrected chi connectivity index (χ1v) is 12.5. The van der Waals surface area contributed by atoms with E-state index in [2.05, 4.69) is 20.1 Å². The number of nitrogens with zero attached hydrogens (tertiary/aromatic N) is 2. The highest BCUT2D eigenvalue weighted by Crippen LogP contribution is 2.40. The Hall–Kier alpha value is -3.62. The van der Waals surface area contributed by atoms with E-state index >= 15 is 0 Å². The van der Waals surface area contributed by atoms with Crippen LogP contribution in [0, 0.1) is 5.92 Å². The first-order chi connectivity index (χ1) is 18.0. The van der Waals surface area contributed by atoms with Gasteiger partial charge in [-0.1, -0.05) is 42.6 Å². The predicted octanol–water partition coefficient (Wildman–Crippen LogP) is 6.05. The maximum absolute atomic E-state index is 13.3. The smallest absolute Gasteiger partial charge is 0.336 e. The van der Waals surface area contributed by atoms with Crippen molar-refractivity contribution in [2.24, 2.45) is 5.92 Å². The number of carbonyl (C=O) groups excluding carboxylic acids is 1. The third-order valence-corrected chi connectivity index (χ3v) is 6.95. The number of benzene rings is 2. The van der Waals surface area contributed by atoms with E-state index in [4.69, 9.17) is 16.6 Å². The summed E-state index contributed by atoms with van der Waals surface area (Å²) < 4.78 is 0. The Morgan fingerprint density at radius 1 is 1.03 bits per heavy atom. The second-order valence-corrected chi connectivity index (χ2v) is 9.86. The summed E-state index contributed by atoms with van der Waals surface area (Å²) >= 11 is 6.34. The van der Waals surface area contributed by atoms with E-state index in [0.29, 0.717) is 22.2 Å². The molecule has 1 saturated heterocycles. The van der Waals surface area contributed by atoms with Gasteiger partial charge in [0.25, 0.3) is 0 Å². The Morgan fingerprint density at radius 2 is 1.84 bits per heavy atom. The average molecular weight is 514 g/mol. The van der Waals surface area contributed by atoms with Gasteiger partial charge in [-0.2, -0.15) is 9.78 Å². The highest BCUT2D eigenvalue weighted by atomic mass is 35.5. The molecule has 2 aromatic heterocycles. The molecule has 6 rings (SSSR count). The maximum Gasteiger partial charge on any atom is 0.365 e. The minimum absolute atomic E-state index is 0.116. The van der Waals surface area contributed by atoms with Crippen LogP contribution in [0.1, 0.15) is 36.4 Å². The fraction of sp³-hybridized carbons (Fsp3) is 0.207. The van der Waals surface area contributed by atoms with Crippen molar-refractivity contribution in [1.29, 1.82) is 0 Å². The van der Waals surface area contributed by atoms with E-state index in [0.717, 1.165) is 47.3 Å². The van der Waals surface area contributed by atoms with Crippen molar-refractivity contribution in [2.75, 3.05) is 5.32 Å². The number of amides is 1. The van der Waals surface area contributed by atoms with Crippen molar-refractivity contribution in [3.8, 4) is 22.4 Å². The summed E-state index contributed by atoms with van der Waals surface area (Å²) in [5.41, 5.74) is 5.44. The Kier molecular flexibility index (Phi) is 6.22. The van der Waals surface area contributed by atoms with Gasteiger partial charge in [0.15, 0.2) is 0 Å². The molecule has 1 unspecified atom stereocenters. The number of aromatic nitrogens is 2. The van der Waals surface area contributed by atoms with Crippen LogP contribution in [0.5, 0.6) is 0 Å². The summed E-state index contributed by atoms with van der Waals surface area (Å²) in [5.74, 6) is -1.64. The number of anilines is 1. The van der Waals surface area contributed by atoms with E-state index in [9.17, 15) is 9.90 Å². The molecule has 0 spiro atoms. The average Bonchev–Trinajstić information content (AvgIpc) is 3.86. The number of hydrogen-bond acceptors (Lipinski definition) is 6. The predicted molar refractivity (Wildman–Crippen MR) is 139 cm³/mol. The number of nitrogens with one attached hydrogen (secondary N) is 1. The molecule has 1 atom stereocenters. The van der Waals surface area contributed by atoms with Crippen molar-refractivity contribution in [3.63, 3.8) is 0 Å². The van der Waals surface area contributed by atoms with Gasteiger partial charge in [-0.25, -0.2) is 0 Å². The zero-order valence-electron chi connectivity index (χ0n) is 19.8. The maximum atomic E-state index is 13.3. The topological polar surface area (TPSA) is 100 Å². The van der Waals surface area contributed by atoms with Crippen LogP contribution in [0.15, 0.2) is 85.2 Å². The van der Waals surface area contributed by atoms with Gasteiger partial charge < -0.3 is 10.4 Å². The number of rotatable bonds is 8. The van der Waals surface area contributed by atoms with Gasteiger partial charge >= 0.3 is 5.97 Å². The largest absolute Gasteiger partial charge is 0.365 e. The minimum atomic E-state index is -1.68. The lowest BCUT2D eigenvalue weighted by Crippen LogP contribution is -2.22. The van der Waals surface area contributed by atoms with Gasteiger partial charge in [-0.05, 0) is 72.5 Å². The van der Waals surface area contributed by atoms with Gasteiger partial charge in [-0.15, -0.1) is 0 Å². The van der Waals surface area contributed by atoms with Crippen LogP contribution in [0.2, 0.25) is 5.02 Å². The third-order valence-electron chi connectivity index (χ3n) is 6.72. The van der Waals surface area contributed by atoms with Gasteiger partial charge in [0.05, 0.1) is 17.3 Å². The van der Waals surface area contributed by atoms with Crippen LogP contribution in [-0.4, -0.2) is 21.0 Å². The fourth-order valence-electron chi connectivity index (χ4n) is 4.45. The number of aliphatic hydroxyl groups is 1. The van der Waals surface area contributed by atoms with Crippen molar-refractivity contribution in [1.82, 2.24) is 9.97 Å². The molecule has 1 aliphatic heterocycles. The first-order valence-electron chi connectivity index (χ1n) is 12.2. The van der Waals surface area contributed by atoms with Crippen LogP contribution in [0.3, 0.4) is 0 Å². The van der Waals surface area contributed by atoms with Crippen molar-refractivity contribution in [3.05, 3.63) is 101 Å². The summed E-state index contributed by atoms with van der Waals surface area (Å²) in [4.78, 5) is 31.7. The fourth-order valence-corrected chi connectivity index (χ4v) is 4.62. The SMILES string of the molecule is O=C(Nc1ccc(C2(O)OO2)cc1)C(CC1CC1)c1ccc(-c2cc(Cl)ccc2-c2ccccn2)cn1. The molecule has 8 heteroatoms. The van der Waals surface area contributed by atoms with Crippen LogP contribution < -0.4 is 5.32 Å². The molecule has 3 heterocycles. The standard InChI is InChI=1S/C29H24ClN3O4/c30-21-9-12-23(26-3-1-2-14-31-26)24(16-21)19-6-13-27(32-17-19)25(15-18-4-5-18)28(34)33-22-10-7-20(8-11-22)29(35)36-37-29/h1-3,6-14,16-18,25,35H,4-5,15H2,(H,33,34). The molecule has 2 aromatic carbocycles. The molecular weight excluding hydrogens is 490 g/mol. The number of halogens is 1. The van der Waals surface area contributed by atoms with E-state index in [1.807, 2.05) is 48.5 Å². The van der Waals surface area contributed by atoms with Crippen LogP contribution >= 0.6 is 11.6 Å². The lowest BCUT2D eigenvalue weighted by atomic mass is 9.94. The summed E-state index contributed by atoms with van der Waals surface area (Å²) in [6, 6.07) is 22.1. The molecule has 2 N–H and O–H groups in total. The highest BCUT2D eigenvalue weighted by Gasteiger charge is 2.49. The molecule has 7 nitrogen and oxygen atoms in total. The van der Waals surface area contributed by atoms with Gasteiger partial charge in [0.1, 0.15) is 0 Å². The number of pyridine rings is 2. The zero-order valence-corrected chi connectivity index (χ0v) is 20.6. The molecule has 0 radical (unpaired) electrons. The summed E-state index contributed by atoms with van der Waals surface area (Å²) in [6.07, 6.45) is 6.56. The molecule has 2 aliphatic rings. The molecule has 1 saturated carbocycles. The molecule has 1 amide bonds. The molecular formula is C29H24ClN3O4. The van der Waals surface area contributed by atoms with E-state index < -0.39 is 5.97 Å². The Morgan fingerprint density at radius 3 is 2.49 bits per heavy atom. The number of carbonyl (C=O) groups is 1. The Balaban J connectivity index is 1.25. The molecule has 37 heavy (non-hydrogen) atoms.